The van der Waals surface area contributed by atoms with E-state index in [1.165, 1.54) is 0 Å². The highest BCUT2D eigenvalue weighted by atomic mass is 35.5. The normalized spacial score (nSPS) is 16.9. The van der Waals surface area contributed by atoms with Crippen molar-refractivity contribution >= 4 is 34.7 Å². The van der Waals surface area contributed by atoms with Crippen molar-refractivity contribution in [3.05, 3.63) is 53.6 Å². The number of nitrogens with one attached hydrogen (secondary N) is 2. The zero-order valence-electron chi connectivity index (χ0n) is 13.5. The Hall–Kier alpha value is -2.24. The van der Waals surface area contributed by atoms with Gasteiger partial charge < -0.3 is 20.3 Å². The second-order valence-corrected chi connectivity index (χ2v) is 6.17. The van der Waals surface area contributed by atoms with Gasteiger partial charge in [0, 0.05) is 42.3 Å². The quantitative estimate of drug-likeness (QED) is 0.872. The van der Waals surface area contributed by atoms with Gasteiger partial charge in [0.2, 0.25) is 0 Å². The van der Waals surface area contributed by atoms with Gasteiger partial charge in [-0.2, -0.15) is 0 Å². The molecule has 1 unspecified atom stereocenters. The fourth-order valence-corrected chi connectivity index (χ4v) is 2.96. The van der Waals surface area contributed by atoms with Crippen molar-refractivity contribution in [2.24, 2.45) is 0 Å². The van der Waals surface area contributed by atoms with Crippen LogP contribution in [0, 0.1) is 0 Å². The van der Waals surface area contributed by atoms with Crippen LogP contribution >= 0.6 is 11.6 Å². The van der Waals surface area contributed by atoms with E-state index in [9.17, 15) is 4.79 Å². The number of nitrogens with zero attached hydrogens (tertiary/aromatic N) is 1. The molecule has 1 heterocycles. The van der Waals surface area contributed by atoms with Crippen LogP contribution in [0.1, 0.15) is 6.42 Å². The predicted octanol–water partition coefficient (Wildman–Crippen LogP) is 4.21. The number of methoxy groups -OCH3 is 1. The molecule has 0 saturated carbocycles. The molecule has 3 rings (SSSR count). The average Bonchev–Trinajstić information content (AvgIpc) is 3.04. The molecule has 2 aromatic rings. The SMILES string of the molecule is COC1CCN(c2ccc(NC(=O)Nc3cccc(Cl)c3)cc2)C1. The first kappa shape index (κ1) is 16.6. The molecule has 2 N–H and O–H groups in total. The summed E-state index contributed by atoms with van der Waals surface area (Å²) in [6.07, 6.45) is 1.34. The molecular formula is C18H20ClN3O2. The number of amides is 2. The number of hydrogen-bond donors (Lipinski definition) is 2. The third-order valence-corrected chi connectivity index (χ3v) is 4.29. The molecular weight excluding hydrogens is 326 g/mol. The lowest BCUT2D eigenvalue weighted by Crippen LogP contribution is -2.22. The number of carbonyl (C=O) groups is 1. The minimum Gasteiger partial charge on any atom is -0.380 e. The first-order chi connectivity index (χ1) is 11.6. The first-order valence-electron chi connectivity index (χ1n) is 7.85. The van der Waals surface area contributed by atoms with Crippen LogP contribution in [-0.4, -0.2) is 32.3 Å². The van der Waals surface area contributed by atoms with Gasteiger partial charge in [0.05, 0.1) is 6.10 Å². The smallest absolute Gasteiger partial charge is 0.323 e. The number of rotatable bonds is 4. The summed E-state index contributed by atoms with van der Waals surface area (Å²) in [6.45, 7) is 1.89. The zero-order chi connectivity index (χ0) is 16.9. The molecule has 6 heteroatoms. The van der Waals surface area contributed by atoms with E-state index in [0.717, 1.165) is 30.9 Å². The van der Waals surface area contributed by atoms with Crippen molar-refractivity contribution in [2.45, 2.75) is 12.5 Å². The molecule has 0 radical (unpaired) electrons. The van der Waals surface area contributed by atoms with Crippen molar-refractivity contribution in [3.63, 3.8) is 0 Å². The summed E-state index contributed by atoms with van der Waals surface area (Å²) in [5.74, 6) is 0. The maximum atomic E-state index is 12.0. The number of ether oxygens (including phenoxy) is 1. The molecule has 1 saturated heterocycles. The summed E-state index contributed by atoms with van der Waals surface area (Å²) in [4.78, 5) is 14.3. The van der Waals surface area contributed by atoms with Crippen LogP contribution in [0.25, 0.3) is 0 Å². The Morgan fingerprint density at radius 3 is 2.58 bits per heavy atom. The lowest BCUT2D eigenvalue weighted by Gasteiger charge is -2.18. The maximum Gasteiger partial charge on any atom is 0.323 e. The summed E-state index contributed by atoms with van der Waals surface area (Å²) < 4.78 is 5.39. The van der Waals surface area contributed by atoms with Gasteiger partial charge in [0.15, 0.2) is 0 Å². The highest BCUT2D eigenvalue weighted by molar-refractivity contribution is 6.30. The minimum atomic E-state index is -0.300. The van der Waals surface area contributed by atoms with Crippen molar-refractivity contribution in [3.8, 4) is 0 Å². The van der Waals surface area contributed by atoms with E-state index in [-0.39, 0.29) is 6.03 Å². The van der Waals surface area contributed by atoms with E-state index in [1.54, 1.807) is 31.4 Å². The summed E-state index contributed by atoms with van der Waals surface area (Å²) in [5.41, 5.74) is 2.52. The highest BCUT2D eigenvalue weighted by Crippen LogP contribution is 2.23. The number of hydrogen-bond acceptors (Lipinski definition) is 3. The van der Waals surface area contributed by atoms with Gasteiger partial charge >= 0.3 is 6.03 Å². The largest absolute Gasteiger partial charge is 0.380 e. The number of urea groups is 1. The molecule has 0 aromatic heterocycles. The fraction of sp³-hybridized carbons (Fsp3) is 0.278. The Morgan fingerprint density at radius 2 is 1.92 bits per heavy atom. The zero-order valence-corrected chi connectivity index (χ0v) is 14.2. The fourth-order valence-electron chi connectivity index (χ4n) is 2.77. The number of halogens is 1. The third-order valence-electron chi connectivity index (χ3n) is 4.05. The molecule has 0 spiro atoms. The molecule has 24 heavy (non-hydrogen) atoms. The lowest BCUT2D eigenvalue weighted by molar-refractivity contribution is 0.121. The predicted molar refractivity (Wildman–Crippen MR) is 98.2 cm³/mol. The van der Waals surface area contributed by atoms with Crippen LogP contribution in [-0.2, 0) is 4.74 Å². The van der Waals surface area contributed by atoms with Crippen LogP contribution in [0.4, 0.5) is 21.9 Å². The van der Waals surface area contributed by atoms with E-state index in [1.807, 2.05) is 24.3 Å². The molecule has 1 aliphatic heterocycles. The van der Waals surface area contributed by atoms with Gasteiger partial charge in [-0.3, -0.25) is 0 Å². The summed E-state index contributed by atoms with van der Waals surface area (Å²) in [7, 11) is 1.75. The third kappa shape index (κ3) is 4.19. The van der Waals surface area contributed by atoms with Gasteiger partial charge in [0.1, 0.15) is 0 Å². The Morgan fingerprint density at radius 1 is 1.17 bits per heavy atom. The van der Waals surface area contributed by atoms with Crippen molar-refractivity contribution in [1.29, 1.82) is 0 Å². The summed E-state index contributed by atoms with van der Waals surface area (Å²) in [6, 6.07) is 14.5. The van der Waals surface area contributed by atoms with E-state index in [4.69, 9.17) is 16.3 Å². The van der Waals surface area contributed by atoms with E-state index >= 15 is 0 Å². The van der Waals surface area contributed by atoms with Gasteiger partial charge in [-0.1, -0.05) is 17.7 Å². The molecule has 126 valence electrons. The first-order valence-corrected chi connectivity index (χ1v) is 8.23. The Bertz CT molecular complexity index is 706. The second kappa shape index (κ2) is 7.55. The summed E-state index contributed by atoms with van der Waals surface area (Å²) in [5, 5.41) is 6.14. The molecule has 1 fully saturated rings. The van der Waals surface area contributed by atoms with Crippen molar-refractivity contribution in [1.82, 2.24) is 0 Å². The molecule has 0 aliphatic carbocycles. The molecule has 2 amide bonds. The molecule has 0 bridgehead atoms. The number of carbonyl (C=O) groups excluding carboxylic acids is 1. The van der Waals surface area contributed by atoms with Gasteiger partial charge in [-0.05, 0) is 48.9 Å². The van der Waals surface area contributed by atoms with Crippen LogP contribution in [0.5, 0.6) is 0 Å². The Labute approximate surface area is 146 Å². The molecule has 2 aromatic carbocycles. The second-order valence-electron chi connectivity index (χ2n) is 5.73. The summed E-state index contributed by atoms with van der Waals surface area (Å²) >= 11 is 5.90. The van der Waals surface area contributed by atoms with Gasteiger partial charge in [-0.15, -0.1) is 0 Å². The topological polar surface area (TPSA) is 53.6 Å². The average molecular weight is 346 g/mol. The maximum absolute atomic E-state index is 12.0. The van der Waals surface area contributed by atoms with Gasteiger partial charge in [0.25, 0.3) is 0 Å². The van der Waals surface area contributed by atoms with E-state index in [0.29, 0.717) is 16.8 Å². The van der Waals surface area contributed by atoms with Crippen LogP contribution < -0.4 is 15.5 Å². The minimum absolute atomic E-state index is 0.297. The lowest BCUT2D eigenvalue weighted by atomic mass is 10.2. The highest BCUT2D eigenvalue weighted by Gasteiger charge is 2.22. The molecule has 5 nitrogen and oxygen atoms in total. The monoisotopic (exact) mass is 345 g/mol. The standard InChI is InChI=1S/C18H20ClN3O2/c1-24-17-9-10-22(12-17)16-7-5-14(6-8-16)20-18(23)21-15-4-2-3-13(19)11-15/h2-8,11,17H,9-10,12H2,1H3,(H2,20,21,23). The van der Waals surface area contributed by atoms with E-state index < -0.39 is 0 Å². The number of benzene rings is 2. The van der Waals surface area contributed by atoms with Crippen molar-refractivity contribution in [2.75, 3.05) is 35.7 Å². The van der Waals surface area contributed by atoms with Gasteiger partial charge in [-0.25, -0.2) is 4.79 Å². The van der Waals surface area contributed by atoms with Crippen LogP contribution in [0.2, 0.25) is 5.02 Å². The van der Waals surface area contributed by atoms with Crippen LogP contribution in [0.3, 0.4) is 0 Å². The molecule has 1 aliphatic rings. The van der Waals surface area contributed by atoms with Crippen molar-refractivity contribution < 1.29 is 9.53 Å². The number of anilines is 3. The van der Waals surface area contributed by atoms with E-state index in [2.05, 4.69) is 15.5 Å². The molecule has 1 atom stereocenters. The van der Waals surface area contributed by atoms with Crippen LogP contribution in [0.15, 0.2) is 48.5 Å². The Balaban J connectivity index is 1.57. The Kier molecular flexibility index (Phi) is 5.23.